The topological polar surface area (TPSA) is 91.3 Å². The fourth-order valence-corrected chi connectivity index (χ4v) is 3.29. The number of ether oxygens (including phenoxy) is 1. The van der Waals surface area contributed by atoms with Gasteiger partial charge in [-0.05, 0) is 51.3 Å². The number of anilines is 1. The zero-order valence-corrected chi connectivity index (χ0v) is 18.8. The standard InChI is InChI=1S/C22H24ClFN2O4.Li/c1-22(2,3)30-21(29)26-17-9-7-15(23)19(24)18(17)13-6-8-16(25-11-13)14(20(27)28)10-12-4-5-12;/h6-9,11-12,14H,4-5,10H2,1-3H3,(H,26,29)(H,27,28);/q;+1/p-1. The van der Waals surface area contributed by atoms with Crippen molar-refractivity contribution in [2.75, 3.05) is 5.32 Å². The van der Waals surface area contributed by atoms with E-state index in [2.05, 4.69) is 10.3 Å². The number of aliphatic carboxylic acids is 1. The Balaban J connectivity index is 0.00000341. The SMILES string of the molecule is CC(C)(C)OC(=O)Nc1ccc(Cl)c(F)c1-c1ccc(C(CC2CC2)C(=O)[O-])nc1.[Li+]. The predicted octanol–water partition coefficient (Wildman–Crippen LogP) is 1.53. The van der Waals surface area contributed by atoms with Gasteiger partial charge in [-0.2, -0.15) is 0 Å². The summed E-state index contributed by atoms with van der Waals surface area (Å²) in [4.78, 5) is 27.9. The molecule has 160 valence electrons. The van der Waals surface area contributed by atoms with Gasteiger partial charge in [0.15, 0.2) is 5.82 Å². The van der Waals surface area contributed by atoms with Crippen LogP contribution in [0.15, 0.2) is 30.5 Å². The summed E-state index contributed by atoms with van der Waals surface area (Å²) in [6.07, 6.45) is 3.13. The van der Waals surface area contributed by atoms with E-state index in [0.29, 0.717) is 23.6 Å². The Hall–Kier alpha value is -2.07. The molecule has 1 amide bonds. The number of nitrogens with one attached hydrogen (secondary N) is 1. The molecule has 0 saturated heterocycles. The molecule has 2 aromatic rings. The van der Waals surface area contributed by atoms with E-state index in [4.69, 9.17) is 16.3 Å². The Labute approximate surface area is 197 Å². The first-order valence-corrected chi connectivity index (χ1v) is 10.1. The number of carbonyl (C=O) groups is 2. The van der Waals surface area contributed by atoms with E-state index in [0.717, 1.165) is 12.8 Å². The third kappa shape index (κ3) is 6.70. The smallest absolute Gasteiger partial charge is 0.549 e. The fourth-order valence-electron chi connectivity index (χ4n) is 3.13. The maximum absolute atomic E-state index is 14.8. The number of nitrogens with zero attached hydrogens (tertiary/aromatic N) is 1. The van der Waals surface area contributed by atoms with Crippen molar-refractivity contribution in [2.24, 2.45) is 5.92 Å². The Morgan fingerprint density at radius 2 is 1.97 bits per heavy atom. The molecule has 1 aliphatic carbocycles. The summed E-state index contributed by atoms with van der Waals surface area (Å²) in [6.45, 7) is 5.15. The van der Waals surface area contributed by atoms with Crippen LogP contribution in [0.1, 0.15) is 51.6 Å². The van der Waals surface area contributed by atoms with Gasteiger partial charge in [-0.25, -0.2) is 9.18 Å². The summed E-state index contributed by atoms with van der Waals surface area (Å²) in [6, 6.07) is 5.89. The quantitative estimate of drug-likeness (QED) is 0.688. The molecule has 31 heavy (non-hydrogen) atoms. The van der Waals surface area contributed by atoms with Crippen molar-refractivity contribution in [3.05, 3.63) is 47.0 Å². The molecule has 1 aliphatic rings. The summed E-state index contributed by atoms with van der Waals surface area (Å²) in [7, 11) is 0. The van der Waals surface area contributed by atoms with Crippen molar-refractivity contribution in [1.29, 1.82) is 0 Å². The molecule has 1 aromatic heterocycles. The van der Waals surface area contributed by atoms with Gasteiger partial charge in [0, 0.05) is 28.9 Å². The van der Waals surface area contributed by atoms with Gasteiger partial charge in [0.05, 0.1) is 16.7 Å². The maximum atomic E-state index is 14.8. The molecular weight excluding hydrogens is 418 g/mol. The number of rotatable bonds is 6. The van der Waals surface area contributed by atoms with Gasteiger partial charge < -0.3 is 14.6 Å². The summed E-state index contributed by atoms with van der Waals surface area (Å²) in [5.74, 6) is -2.34. The van der Waals surface area contributed by atoms with Crippen LogP contribution < -0.4 is 29.3 Å². The molecule has 0 aliphatic heterocycles. The molecule has 1 unspecified atom stereocenters. The first kappa shape index (κ1) is 25.2. The van der Waals surface area contributed by atoms with Gasteiger partial charge in [0.2, 0.25) is 0 Å². The number of hydrogen-bond donors (Lipinski definition) is 1. The number of carboxylic acids is 1. The largest absolute Gasteiger partial charge is 1.00 e. The zero-order valence-electron chi connectivity index (χ0n) is 18.0. The zero-order chi connectivity index (χ0) is 22.1. The number of carboxylic acid groups (broad SMARTS) is 1. The number of carbonyl (C=O) groups excluding carboxylic acids is 2. The minimum atomic E-state index is -1.18. The van der Waals surface area contributed by atoms with E-state index in [-0.39, 0.29) is 35.1 Å². The van der Waals surface area contributed by atoms with E-state index in [1.807, 2.05) is 0 Å². The van der Waals surface area contributed by atoms with Crippen LogP contribution in [0, 0.1) is 11.7 Å². The number of halogens is 2. The maximum Gasteiger partial charge on any atom is 1.00 e. The van der Waals surface area contributed by atoms with Crippen molar-refractivity contribution in [2.45, 2.75) is 51.6 Å². The van der Waals surface area contributed by atoms with E-state index >= 15 is 0 Å². The molecule has 3 rings (SSSR count). The molecule has 6 nitrogen and oxygen atoms in total. The second-order valence-electron chi connectivity index (χ2n) is 8.43. The van der Waals surface area contributed by atoms with E-state index < -0.39 is 29.4 Å². The Morgan fingerprint density at radius 1 is 1.29 bits per heavy atom. The monoisotopic (exact) mass is 440 g/mol. The average Bonchev–Trinajstić information content (AvgIpc) is 3.46. The normalized spacial score (nSPS) is 14.4. The minimum absolute atomic E-state index is 0. The average molecular weight is 441 g/mol. The third-order valence-corrected chi connectivity index (χ3v) is 5.00. The van der Waals surface area contributed by atoms with Gasteiger partial charge in [0.1, 0.15) is 5.60 Å². The molecule has 1 heterocycles. The molecule has 9 heteroatoms. The minimum Gasteiger partial charge on any atom is -0.549 e. The summed E-state index contributed by atoms with van der Waals surface area (Å²) < 4.78 is 20.1. The van der Waals surface area contributed by atoms with Crippen LogP contribution in [0.5, 0.6) is 0 Å². The number of aromatic nitrogens is 1. The first-order chi connectivity index (χ1) is 14.0. The molecule has 1 aromatic carbocycles. The molecule has 1 fully saturated rings. The second kappa shape index (κ2) is 10.0. The van der Waals surface area contributed by atoms with E-state index in [1.165, 1.54) is 24.4 Å². The van der Waals surface area contributed by atoms with Crippen LogP contribution in [0.2, 0.25) is 5.02 Å². The molecular formula is C22H23ClFLiN2O4. The van der Waals surface area contributed by atoms with Crippen molar-refractivity contribution >= 4 is 29.4 Å². The number of pyridine rings is 1. The van der Waals surface area contributed by atoms with Gasteiger partial charge in [-0.3, -0.25) is 10.3 Å². The van der Waals surface area contributed by atoms with Crippen molar-refractivity contribution in [3.8, 4) is 11.1 Å². The molecule has 1 N–H and O–H groups in total. The third-order valence-electron chi connectivity index (χ3n) is 4.71. The molecule has 1 atom stereocenters. The van der Waals surface area contributed by atoms with Crippen LogP contribution in [0.3, 0.4) is 0 Å². The molecule has 1 saturated carbocycles. The predicted molar refractivity (Wildman–Crippen MR) is 110 cm³/mol. The van der Waals surface area contributed by atoms with Crippen molar-refractivity contribution < 1.29 is 42.7 Å². The van der Waals surface area contributed by atoms with E-state index in [9.17, 15) is 19.1 Å². The molecule has 0 bridgehead atoms. The van der Waals surface area contributed by atoms with Gasteiger partial charge in [-0.15, -0.1) is 0 Å². The van der Waals surface area contributed by atoms with Gasteiger partial charge in [0.25, 0.3) is 0 Å². The van der Waals surface area contributed by atoms with Crippen LogP contribution >= 0.6 is 11.6 Å². The van der Waals surface area contributed by atoms with Crippen molar-refractivity contribution in [3.63, 3.8) is 0 Å². The fraction of sp³-hybridized carbons (Fsp3) is 0.409. The Morgan fingerprint density at radius 3 is 2.48 bits per heavy atom. The Bertz CT molecular complexity index is 959. The van der Waals surface area contributed by atoms with Gasteiger partial charge in [-0.1, -0.05) is 30.5 Å². The molecule has 0 radical (unpaired) electrons. The summed E-state index contributed by atoms with van der Waals surface area (Å²) >= 11 is 5.94. The van der Waals surface area contributed by atoms with Crippen LogP contribution in [0.4, 0.5) is 14.9 Å². The van der Waals surface area contributed by atoms with E-state index in [1.54, 1.807) is 26.8 Å². The van der Waals surface area contributed by atoms with Gasteiger partial charge >= 0.3 is 25.0 Å². The number of benzene rings is 1. The summed E-state index contributed by atoms with van der Waals surface area (Å²) in [5.41, 5.74) is 0.178. The Kier molecular flexibility index (Phi) is 8.15. The van der Waals surface area contributed by atoms with Crippen LogP contribution in [0.25, 0.3) is 11.1 Å². The second-order valence-corrected chi connectivity index (χ2v) is 8.84. The number of hydrogen-bond acceptors (Lipinski definition) is 5. The summed E-state index contributed by atoms with van der Waals surface area (Å²) in [5, 5.41) is 13.9. The van der Waals surface area contributed by atoms with Crippen molar-refractivity contribution in [1.82, 2.24) is 4.98 Å². The van der Waals surface area contributed by atoms with Crippen LogP contribution in [-0.4, -0.2) is 22.6 Å². The first-order valence-electron chi connectivity index (χ1n) is 9.70. The van der Waals surface area contributed by atoms with Crippen LogP contribution in [-0.2, 0) is 9.53 Å². The molecule has 0 spiro atoms. The number of amides is 1.